The summed E-state index contributed by atoms with van der Waals surface area (Å²) >= 11 is 6.12. The number of hydrogen-bond donors (Lipinski definition) is 2. The van der Waals surface area contributed by atoms with Crippen LogP contribution in [0.3, 0.4) is 0 Å². The van der Waals surface area contributed by atoms with E-state index in [4.69, 9.17) is 17.4 Å². The van der Waals surface area contributed by atoms with Crippen LogP contribution in [0.15, 0.2) is 18.2 Å². The van der Waals surface area contributed by atoms with Gasteiger partial charge in [0, 0.05) is 16.1 Å². The maximum atomic E-state index is 6.12. The quantitative estimate of drug-likeness (QED) is 0.647. The van der Waals surface area contributed by atoms with Crippen molar-refractivity contribution in [2.75, 3.05) is 5.43 Å². The van der Waals surface area contributed by atoms with Crippen molar-refractivity contribution in [1.82, 2.24) is 4.98 Å². The van der Waals surface area contributed by atoms with Gasteiger partial charge in [-0.2, -0.15) is 0 Å². The first kappa shape index (κ1) is 12.1. The number of hydrazine groups is 1. The van der Waals surface area contributed by atoms with E-state index < -0.39 is 0 Å². The van der Waals surface area contributed by atoms with Crippen LogP contribution in [0.4, 0.5) is 5.69 Å². The van der Waals surface area contributed by atoms with Gasteiger partial charge in [0.25, 0.3) is 0 Å². The highest BCUT2D eigenvalue weighted by atomic mass is 35.5. The molecule has 0 bridgehead atoms. The van der Waals surface area contributed by atoms with Crippen molar-refractivity contribution in [3.63, 3.8) is 0 Å². The van der Waals surface area contributed by atoms with E-state index in [0.29, 0.717) is 0 Å². The molecule has 3 nitrogen and oxygen atoms in total. The summed E-state index contributed by atoms with van der Waals surface area (Å²) in [5, 5.41) is 1.75. The fraction of sp³-hybridized carbons (Fsp3) is 0.308. The van der Waals surface area contributed by atoms with Gasteiger partial charge >= 0.3 is 0 Å². The molecule has 0 saturated heterocycles. The zero-order valence-corrected chi connectivity index (χ0v) is 10.8. The van der Waals surface area contributed by atoms with Gasteiger partial charge in [-0.05, 0) is 37.1 Å². The molecule has 1 heterocycles. The van der Waals surface area contributed by atoms with Crippen LogP contribution in [0.5, 0.6) is 0 Å². The Morgan fingerprint density at radius 3 is 2.82 bits per heavy atom. The van der Waals surface area contributed by atoms with Crippen molar-refractivity contribution in [3.05, 3.63) is 34.5 Å². The van der Waals surface area contributed by atoms with Gasteiger partial charge in [0.1, 0.15) is 0 Å². The van der Waals surface area contributed by atoms with Gasteiger partial charge in [-0.3, -0.25) is 10.8 Å². The molecule has 0 amide bonds. The molecule has 90 valence electrons. The fourth-order valence-corrected chi connectivity index (χ4v) is 2.11. The van der Waals surface area contributed by atoms with Crippen molar-refractivity contribution in [1.29, 1.82) is 0 Å². The summed E-state index contributed by atoms with van der Waals surface area (Å²) in [6.45, 7) is 4.11. The number of anilines is 1. The topological polar surface area (TPSA) is 50.9 Å². The van der Waals surface area contributed by atoms with Gasteiger partial charge in [0.15, 0.2) is 0 Å². The number of fused-ring (bicyclic) bond motifs is 1. The predicted octanol–water partition coefficient (Wildman–Crippen LogP) is 3.43. The van der Waals surface area contributed by atoms with E-state index in [9.17, 15) is 0 Å². The van der Waals surface area contributed by atoms with Gasteiger partial charge in [-0.25, -0.2) is 0 Å². The second-order valence-corrected chi connectivity index (χ2v) is 4.53. The second-order valence-electron chi connectivity index (χ2n) is 4.12. The van der Waals surface area contributed by atoms with Crippen LogP contribution in [0.2, 0.25) is 5.02 Å². The zero-order chi connectivity index (χ0) is 12.4. The number of halogens is 1. The highest BCUT2D eigenvalue weighted by Crippen LogP contribution is 2.29. The molecule has 0 spiro atoms. The molecular formula is C13H16ClN3. The van der Waals surface area contributed by atoms with E-state index in [1.54, 1.807) is 0 Å². The summed E-state index contributed by atoms with van der Waals surface area (Å²) in [6.07, 6.45) is 2.00. The van der Waals surface area contributed by atoms with Crippen molar-refractivity contribution in [3.8, 4) is 0 Å². The largest absolute Gasteiger partial charge is 0.323 e. The van der Waals surface area contributed by atoms with Gasteiger partial charge in [-0.15, -0.1) is 0 Å². The maximum absolute atomic E-state index is 6.12. The lowest BCUT2D eigenvalue weighted by atomic mass is 10.1. The Balaban J connectivity index is 2.73. The van der Waals surface area contributed by atoms with Crippen LogP contribution < -0.4 is 11.3 Å². The SMILES string of the molecule is CCCc1cc(NN)c2ccc(Cl)c(C)c2n1. The first-order valence-corrected chi connectivity index (χ1v) is 6.10. The van der Waals surface area contributed by atoms with Gasteiger partial charge in [0.2, 0.25) is 0 Å². The number of nitrogens with one attached hydrogen (secondary N) is 1. The molecule has 3 N–H and O–H groups in total. The Bertz CT molecular complexity index is 552. The van der Waals surface area contributed by atoms with Crippen LogP contribution in [-0.2, 0) is 6.42 Å². The maximum Gasteiger partial charge on any atom is 0.0770 e. The normalized spacial score (nSPS) is 10.8. The van der Waals surface area contributed by atoms with Crippen molar-refractivity contribution < 1.29 is 0 Å². The summed E-state index contributed by atoms with van der Waals surface area (Å²) in [4.78, 5) is 4.65. The summed E-state index contributed by atoms with van der Waals surface area (Å²) < 4.78 is 0. The Morgan fingerprint density at radius 2 is 2.18 bits per heavy atom. The molecular weight excluding hydrogens is 234 g/mol. The third-order valence-corrected chi connectivity index (χ3v) is 3.29. The number of rotatable bonds is 3. The van der Waals surface area contributed by atoms with Crippen molar-refractivity contribution in [2.45, 2.75) is 26.7 Å². The summed E-state index contributed by atoms with van der Waals surface area (Å²) in [5.41, 5.74) is 6.60. The van der Waals surface area contributed by atoms with E-state index in [1.807, 2.05) is 25.1 Å². The van der Waals surface area contributed by atoms with Gasteiger partial charge in [-0.1, -0.05) is 24.9 Å². The van der Waals surface area contributed by atoms with E-state index in [-0.39, 0.29) is 0 Å². The summed E-state index contributed by atoms with van der Waals surface area (Å²) in [6, 6.07) is 5.82. The van der Waals surface area contributed by atoms with Crippen LogP contribution >= 0.6 is 11.6 Å². The number of hydrogen-bond acceptors (Lipinski definition) is 3. The lowest BCUT2D eigenvalue weighted by Crippen LogP contribution is -2.08. The summed E-state index contributed by atoms with van der Waals surface area (Å²) in [7, 11) is 0. The molecule has 2 aromatic rings. The third kappa shape index (κ3) is 2.21. The highest BCUT2D eigenvalue weighted by molar-refractivity contribution is 6.32. The van der Waals surface area contributed by atoms with Crippen LogP contribution in [-0.4, -0.2) is 4.98 Å². The molecule has 4 heteroatoms. The number of nitrogens with two attached hydrogens (primary N) is 1. The molecule has 0 atom stereocenters. The molecule has 0 fully saturated rings. The number of aryl methyl sites for hydroxylation is 2. The van der Waals surface area contributed by atoms with E-state index in [1.165, 1.54) is 0 Å². The summed E-state index contributed by atoms with van der Waals surface area (Å²) in [5.74, 6) is 5.56. The molecule has 0 aliphatic carbocycles. The second kappa shape index (κ2) is 4.90. The first-order chi connectivity index (χ1) is 8.17. The van der Waals surface area contributed by atoms with Crippen molar-refractivity contribution >= 4 is 28.2 Å². The van der Waals surface area contributed by atoms with Crippen LogP contribution in [0, 0.1) is 6.92 Å². The molecule has 0 radical (unpaired) electrons. The zero-order valence-electron chi connectivity index (χ0n) is 10.0. The molecule has 17 heavy (non-hydrogen) atoms. The number of nitrogens with zero attached hydrogens (tertiary/aromatic N) is 1. The number of nitrogen functional groups attached to an aromatic ring is 1. The molecule has 1 aromatic heterocycles. The molecule has 0 aliphatic heterocycles. The fourth-order valence-electron chi connectivity index (χ4n) is 1.96. The number of pyridine rings is 1. The number of benzene rings is 1. The third-order valence-electron chi connectivity index (χ3n) is 2.88. The molecule has 0 unspecified atom stereocenters. The minimum Gasteiger partial charge on any atom is -0.323 e. The average Bonchev–Trinajstić information content (AvgIpc) is 2.34. The standard InChI is InChI=1S/C13H16ClN3/c1-3-4-9-7-12(17-15)10-5-6-11(14)8(2)13(10)16-9/h5-7H,3-4,15H2,1-2H3,(H,16,17). The Labute approximate surface area is 106 Å². The highest BCUT2D eigenvalue weighted by Gasteiger charge is 2.09. The first-order valence-electron chi connectivity index (χ1n) is 5.72. The monoisotopic (exact) mass is 249 g/mol. The molecule has 0 saturated carbocycles. The van der Waals surface area contributed by atoms with Crippen LogP contribution in [0.1, 0.15) is 24.6 Å². The van der Waals surface area contributed by atoms with Crippen LogP contribution in [0.25, 0.3) is 10.9 Å². The number of aromatic nitrogens is 1. The molecule has 2 rings (SSSR count). The lowest BCUT2D eigenvalue weighted by Gasteiger charge is -2.11. The van der Waals surface area contributed by atoms with E-state index >= 15 is 0 Å². The van der Waals surface area contributed by atoms with Gasteiger partial charge < -0.3 is 5.43 Å². The predicted molar refractivity (Wildman–Crippen MR) is 73.3 cm³/mol. The smallest absolute Gasteiger partial charge is 0.0770 e. The molecule has 0 aliphatic rings. The average molecular weight is 250 g/mol. The Morgan fingerprint density at radius 1 is 1.41 bits per heavy atom. The Kier molecular flexibility index (Phi) is 3.50. The Hall–Kier alpha value is -1.32. The van der Waals surface area contributed by atoms with E-state index in [2.05, 4.69) is 17.3 Å². The van der Waals surface area contributed by atoms with Crippen molar-refractivity contribution in [2.24, 2.45) is 5.84 Å². The van der Waals surface area contributed by atoms with E-state index in [0.717, 1.165) is 45.7 Å². The minimum absolute atomic E-state index is 0.738. The molecule has 1 aromatic carbocycles. The van der Waals surface area contributed by atoms with Gasteiger partial charge in [0.05, 0.1) is 11.2 Å². The minimum atomic E-state index is 0.738. The lowest BCUT2D eigenvalue weighted by molar-refractivity contribution is 0.889.